The van der Waals surface area contributed by atoms with E-state index in [-0.39, 0.29) is 30.6 Å². The summed E-state index contributed by atoms with van der Waals surface area (Å²) in [5.41, 5.74) is 1.14. The van der Waals surface area contributed by atoms with E-state index in [2.05, 4.69) is 11.8 Å². The Labute approximate surface area is 124 Å². The van der Waals surface area contributed by atoms with Gasteiger partial charge in [-0.25, -0.2) is 8.42 Å². The summed E-state index contributed by atoms with van der Waals surface area (Å²) < 4.78 is 23.1. The molecule has 1 aromatic rings. The Morgan fingerprint density at radius 2 is 2.10 bits per heavy atom. The number of aliphatic hydroxyl groups excluding tert-OH is 1. The van der Waals surface area contributed by atoms with E-state index < -0.39 is 9.84 Å². The Kier molecular flexibility index (Phi) is 4.99. The van der Waals surface area contributed by atoms with Crippen LogP contribution >= 0.6 is 0 Å². The van der Waals surface area contributed by atoms with Gasteiger partial charge in [0.25, 0.3) is 5.91 Å². The van der Waals surface area contributed by atoms with Crippen molar-refractivity contribution in [3.63, 3.8) is 0 Å². The first-order valence-corrected chi connectivity index (χ1v) is 8.53. The second kappa shape index (κ2) is 6.74. The number of hydrogen-bond donors (Lipinski definition) is 1. The standard InChI is InChI=1S/C15H17NO4S/c17-9-2-5-13-4-1-6-14(12-13)15(18)16-7-3-10-21(19,20)11-8-16/h1,4,6,12,17H,3,7-11H2. The Balaban J connectivity index is 2.16. The number of rotatable bonds is 1. The number of nitrogens with zero attached hydrogens (tertiary/aromatic N) is 1. The van der Waals surface area contributed by atoms with Crippen LogP contribution in [0.2, 0.25) is 0 Å². The largest absolute Gasteiger partial charge is 0.384 e. The van der Waals surface area contributed by atoms with Crippen LogP contribution in [0.1, 0.15) is 22.3 Å². The van der Waals surface area contributed by atoms with Crippen LogP contribution in [0.5, 0.6) is 0 Å². The van der Waals surface area contributed by atoms with Gasteiger partial charge in [-0.3, -0.25) is 4.79 Å². The van der Waals surface area contributed by atoms with E-state index in [0.717, 1.165) is 0 Å². The monoisotopic (exact) mass is 307 g/mol. The molecule has 1 aromatic carbocycles. The highest BCUT2D eigenvalue weighted by molar-refractivity contribution is 7.91. The second-order valence-corrected chi connectivity index (χ2v) is 7.14. The predicted octanol–water partition coefficient (Wildman–Crippen LogP) is 0.291. The van der Waals surface area contributed by atoms with Gasteiger partial charge in [0.15, 0.2) is 9.84 Å². The molecule has 112 valence electrons. The van der Waals surface area contributed by atoms with Gasteiger partial charge in [-0.2, -0.15) is 0 Å². The van der Waals surface area contributed by atoms with Crippen LogP contribution in [-0.2, 0) is 9.84 Å². The second-order valence-electron chi connectivity index (χ2n) is 4.84. The maximum absolute atomic E-state index is 12.4. The third kappa shape index (κ3) is 4.31. The molecule has 0 bridgehead atoms. The fourth-order valence-corrected chi connectivity index (χ4v) is 3.47. The number of carbonyl (C=O) groups is 1. The Hall–Kier alpha value is -1.84. The normalized spacial score (nSPS) is 17.5. The zero-order valence-electron chi connectivity index (χ0n) is 11.6. The van der Waals surface area contributed by atoms with Crippen LogP contribution < -0.4 is 0 Å². The van der Waals surface area contributed by atoms with Crippen molar-refractivity contribution in [2.45, 2.75) is 6.42 Å². The van der Waals surface area contributed by atoms with Crippen molar-refractivity contribution in [1.82, 2.24) is 4.90 Å². The Morgan fingerprint density at radius 1 is 1.29 bits per heavy atom. The fourth-order valence-electron chi connectivity index (χ4n) is 2.20. The van der Waals surface area contributed by atoms with Gasteiger partial charge in [-0.05, 0) is 24.6 Å². The molecule has 2 rings (SSSR count). The van der Waals surface area contributed by atoms with Crippen molar-refractivity contribution in [3.05, 3.63) is 35.4 Å². The highest BCUT2D eigenvalue weighted by Gasteiger charge is 2.23. The minimum Gasteiger partial charge on any atom is -0.384 e. The van der Waals surface area contributed by atoms with Gasteiger partial charge >= 0.3 is 0 Å². The first-order chi connectivity index (χ1) is 10.0. The third-order valence-corrected chi connectivity index (χ3v) is 4.98. The SMILES string of the molecule is O=C(c1cccc(C#CCO)c1)N1CCCS(=O)(=O)CC1. The Bertz CT molecular complexity index is 685. The van der Waals surface area contributed by atoms with Crippen LogP contribution in [-0.4, -0.2) is 55.5 Å². The molecule has 21 heavy (non-hydrogen) atoms. The van der Waals surface area contributed by atoms with Gasteiger partial charge < -0.3 is 10.0 Å². The van der Waals surface area contributed by atoms with Gasteiger partial charge in [0.1, 0.15) is 6.61 Å². The van der Waals surface area contributed by atoms with E-state index in [1.165, 1.54) is 0 Å². The molecule has 1 fully saturated rings. The van der Waals surface area contributed by atoms with Crippen LogP contribution in [0.3, 0.4) is 0 Å². The molecule has 1 aliphatic rings. The van der Waals surface area contributed by atoms with Crippen molar-refractivity contribution in [1.29, 1.82) is 0 Å². The van der Waals surface area contributed by atoms with E-state index in [0.29, 0.717) is 24.1 Å². The fraction of sp³-hybridized carbons (Fsp3) is 0.400. The van der Waals surface area contributed by atoms with E-state index in [4.69, 9.17) is 5.11 Å². The summed E-state index contributed by atoms with van der Waals surface area (Å²) >= 11 is 0. The number of sulfone groups is 1. The zero-order chi connectivity index (χ0) is 15.3. The van der Waals surface area contributed by atoms with Crippen LogP contribution in [0.25, 0.3) is 0 Å². The zero-order valence-corrected chi connectivity index (χ0v) is 12.4. The van der Waals surface area contributed by atoms with Crippen LogP contribution in [0, 0.1) is 11.8 Å². The Morgan fingerprint density at radius 3 is 2.86 bits per heavy atom. The first-order valence-electron chi connectivity index (χ1n) is 6.71. The van der Waals surface area contributed by atoms with Gasteiger partial charge in [0, 0.05) is 24.2 Å². The smallest absolute Gasteiger partial charge is 0.253 e. The molecule has 1 amide bonds. The molecule has 0 radical (unpaired) electrons. The molecule has 1 heterocycles. The predicted molar refractivity (Wildman–Crippen MR) is 79.6 cm³/mol. The summed E-state index contributed by atoms with van der Waals surface area (Å²) in [6.07, 6.45) is 0.470. The minimum atomic E-state index is -3.03. The maximum atomic E-state index is 12.4. The molecule has 1 aliphatic heterocycles. The van der Waals surface area contributed by atoms with Crippen molar-refractivity contribution >= 4 is 15.7 Å². The average Bonchev–Trinajstić information content (AvgIpc) is 2.65. The summed E-state index contributed by atoms with van der Waals surface area (Å²) in [4.78, 5) is 14.0. The lowest BCUT2D eigenvalue weighted by molar-refractivity contribution is 0.0768. The van der Waals surface area contributed by atoms with Crippen LogP contribution in [0.4, 0.5) is 0 Å². The molecule has 1 N–H and O–H groups in total. The highest BCUT2D eigenvalue weighted by atomic mass is 32.2. The molecule has 0 unspecified atom stereocenters. The number of carbonyl (C=O) groups excluding carboxylic acids is 1. The van der Waals surface area contributed by atoms with Gasteiger partial charge in [-0.1, -0.05) is 17.9 Å². The molecule has 0 aromatic heterocycles. The lowest BCUT2D eigenvalue weighted by Gasteiger charge is -2.19. The number of hydrogen-bond acceptors (Lipinski definition) is 4. The number of benzene rings is 1. The quantitative estimate of drug-likeness (QED) is 0.757. The van der Waals surface area contributed by atoms with Gasteiger partial charge in [-0.15, -0.1) is 0 Å². The van der Waals surface area contributed by atoms with Crippen molar-refractivity contribution < 1.29 is 18.3 Å². The third-order valence-electron chi connectivity index (χ3n) is 3.26. The molecule has 0 saturated carbocycles. The topological polar surface area (TPSA) is 74.7 Å². The van der Waals surface area contributed by atoms with Gasteiger partial charge in [0.05, 0.1) is 11.5 Å². The molecule has 5 nitrogen and oxygen atoms in total. The minimum absolute atomic E-state index is 0.0166. The number of amides is 1. The summed E-state index contributed by atoms with van der Waals surface area (Å²) in [5.74, 6) is 5.26. The maximum Gasteiger partial charge on any atom is 0.253 e. The molecule has 0 atom stereocenters. The van der Waals surface area contributed by atoms with E-state index in [1.54, 1.807) is 29.2 Å². The summed E-state index contributed by atoms with van der Waals surface area (Å²) in [6, 6.07) is 6.83. The lowest BCUT2D eigenvalue weighted by atomic mass is 10.1. The van der Waals surface area contributed by atoms with E-state index in [9.17, 15) is 13.2 Å². The lowest BCUT2D eigenvalue weighted by Crippen LogP contribution is -2.33. The van der Waals surface area contributed by atoms with Crippen molar-refractivity contribution in [3.8, 4) is 11.8 Å². The van der Waals surface area contributed by atoms with Gasteiger partial charge in [0.2, 0.25) is 0 Å². The highest BCUT2D eigenvalue weighted by Crippen LogP contribution is 2.12. The van der Waals surface area contributed by atoms with E-state index >= 15 is 0 Å². The van der Waals surface area contributed by atoms with Crippen LogP contribution in [0.15, 0.2) is 24.3 Å². The number of aliphatic hydroxyl groups is 1. The van der Waals surface area contributed by atoms with E-state index in [1.807, 2.05) is 0 Å². The average molecular weight is 307 g/mol. The molecule has 6 heteroatoms. The van der Waals surface area contributed by atoms with Crippen molar-refractivity contribution in [2.24, 2.45) is 0 Å². The summed E-state index contributed by atoms with van der Waals surface area (Å²) in [7, 11) is -3.03. The molecular weight excluding hydrogens is 290 g/mol. The first kappa shape index (κ1) is 15.5. The molecule has 0 aliphatic carbocycles. The molecule has 1 saturated heterocycles. The van der Waals surface area contributed by atoms with Crippen molar-refractivity contribution in [2.75, 3.05) is 31.2 Å². The molecule has 0 spiro atoms. The summed E-state index contributed by atoms with van der Waals surface area (Å²) in [6.45, 7) is 0.445. The summed E-state index contributed by atoms with van der Waals surface area (Å²) in [5, 5.41) is 8.68. The molecular formula is C15H17NO4S.